The molecule has 5 unspecified atom stereocenters. The molecule has 38 nitrogen and oxygen atoms in total. The van der Waals surface area contributed by atoms with Crippen molar-refractivity contribution in [2.45, 2.75) is 175 Å². The van der Waals surface area contributed by atoms with Gasteiger partial charge in [0.1, 0.15) is 102 Å². The fourth-order valence-corrected chi connectivity index (χ4v) is 14.0. The van der Waals surface area contributed by atoms with Crippen LogP contribution in [0.2, 0.25) is 10.0 Å². The number of halogens is 2. The molecule has 2 fully saturated rings. The van der Waals surface area contributed by atoms with Crippen LogP contribution >= 0.6 is 23.2 Å². The largest absolute Gasteiger partial charge is 0.508 e. The normalized spacial score (nSPS) is 27.9. The second kappa shape index (κ2) is 35.1. The lowest BCUT2D eigenvalue weighted by Gasteiger charge is -2.47. The van der Waals surface area contributed by atoms with E-state index in [2.05, 4.69) is 47.5 Å². The molecule has 112 heavy (non-hydrogen) atoms. The van der Waals surface area contributed by atoms with E-state index in [-0.39, 0.29) is 66.0 Å². The van der Waals surface area contributed by atoms with Crippen LogP contribution in [-0.2, 0) is 57.4 Å². The fraction of sp³-hybridized carbons (Fsp3) is 0.444. The van der Waals surface area contributed by atoms with Crippen molar-refractivity contribution in [2.24, 2.45) is 33.8 Å². The average Bonchev–Trinajstić information content (AvgIpc) is 0.766. The van der Waals surface area contributed by atoms with Gasteiger partial charge in [-0.1, -0.05) is 55.2 Å². The Morgan fingerprint density at radius 3 is 1.92 bits per heavy atom. The van der Waals surface area contributed by atoms with Gasteiger partial charge in [-0.05, 0) is 128 Å². The predicted octanol–water partition coefficient (Wildman–Crippen LogP) is -1.36. The van der Waals surface area contributed by atoms with Crippen molar-refractivity contribution in [1.82, 2.24) is 42.5 Å². The van der Waals surface area contributed by atoms with Gasteiger partial charge in [-0.2, -0.15) is 0 Å². The van der Waals surface area contributed by atoms with Gasteiger partial charge in [-0.15, -0.1) is 0 Å². The van der Waals surface area contributed by atoms with Crippen molar-refractivity contribution < 1.29 is 123 Å². The highest BCUT2D eigenvalue weighted by Gasteiger charge is 2.52. The Kier molecular flexibility index (Phi) is 26.3. The van der Waals surface area contributed by atoms with Gasteiger partial charge in [0.2, 0.25) is 59.3 Å². The SMILES string of the molecule is CN[C@H](CC(C)C)C(=O)N[C@H]1C(=O)N[C@@H](CC(N)=O)C(=O)N[C@H]2C(=O)N[C@H]3C(=O)N[C@H](C(=O)N[C@H](C(=O)N[C@@H](CCCN=C(N)N)C(=O)O)c4cc(O)cc(O)c4-c4cc3ccc4O)[C@H](O)c3ccc(c(Cl)c3)Oc3cc2cc(c3O[C@H]2OC(CO)C(O)C(O)[C@H]2O[C@H]2CC(C)(N)C(O)[C@H](C)O2)Oc2ccc(cc2Cl)[C@H]1O. The molecule has 8 amide bonds. The summed E-state index contributed by atoms with van der Waals surface area (Å²) in [6, 6.07) is -2.92. The average molecular weight is 1610 g/mol. The molecule has 0 aliphatic carbocycles. The van der Waals surface area contributed by atoms with Crippen LogP contribution in [0.25, 0.3) is 11.1 Å². The lowest BCUT2D eigenvalue weighted by atomic mass is 9.86. The Morgan fingerprint density at radius 2 is 1.33 bits per heavy atom. The number of nitrogens with zero attached hydrogens (tertiary/aromatic N) is 1. The highest BCUT2D eigenvalue weighted by Crippen LogP contribution is 2.50. The maximum absolute atomic E-state index is 16.2. The number of benzene rings is 5. The number of carbonyl (C=O) groups excluding carboxylic acids is 8. The van der Waals surface area contributed by atoms with Crippen LogP contribution in [-0.4, -0.2) is 215 Å². The summed E-state index contributed by atoms with van der Waals surface area (Å²) in [5.41, 5.74) is 18.7. The molecule has 19 atom stereocenters. The number of ether oxygens (including phenoxy) is 6. The monoisotopic (exact) mass is 1600 g/mol. The van der Waals surface area contributed by atoms with Crippen molar-refractivity contribution in [1.29, 1.82) is 0 Å². The maximum atomic E-state index is 16.2. The standard InChI is InChI=1S/C72H87Cl2N13O25/c1-26(2)15-38(79-5)62(98)86-53-55(93)29-9-12-42(35(73)17-29)108-44-19-31-20-45(59(44)112-70-60(58(96)57(95)46(25-88)110-70)111-48-24-72(4,78)61(97)27(3)107-48)109-43-13-10-30(18-36(43)74)56(94)54-68(104)85-52(66(102)81-37(69(105)106)7-6-14-80-71(76)77)34-21-32(89)22-41(91)49(34)33-16-28(8-11-40(33)90)50(64(100)87-54)84-65(101)51(31)83-63(99)39(23-47(75)92)82-67(53)103/h8-13,16-22,26-27,37-39,46,48,50-58,60-61,70,79,88-91,93-97H,6-7,14-15,23-25,78H2,1-5H3,(H2,75,92)(H,81,102)(H,82,103)(H,83,99)(H,84,101)(H,85,104)(H,86,98)(H,87,100)(H,105,106)(H4,76,77,80)/t27-,37-,38+,39-,46?,48-,50+,51+,52-,53+,54-,55+,56+,57?,58?,60+,61?,70+,72?/m0/s1. The number of carboxylic acid groups (broad SMARTS) is 1. The third kappa shape index (κ3) is 18.8. The number of likely N-dealkylation sites (N-methyl/N-ethyl adjacent to an activating group) is 1. The van der Waals surface area contributed by atoms with E-state index in [0.29, 0.717) is 0 Å². The number of aliphatic imine (C=N–C) groups is 1. The minimum atomic E-state index is -2.39. The van der Waals surface area contributed by atoms with E-state index in [1.54, 1.807) is 0 Å². The molecule has 12 rings (SSSR count). The molecule has 2 saturated heterocycles. The Morgan fingerprint density at radius 1 is 0.714 bits per heavy atom. The molecule has 604 valence electrons. The first-order valence-electron chi connectivity index (χ1n) is 35.2. The van der Waals surface area contributed by atoms with Crippen LogP contribution in [0.3, 0.4) is 0 Å². The number of rotatable bonds is 19. The molecular weight excluding hydrogens is 1520 g/mol. The molecule has 5 aromatic rings. The second-order valence-electron chi connectivity index (χ2n) is 28.2. The Hall–Kier alpha value is -10.5. The molecule has 7 heterocycles. The van der Waals surface area contributed by atoms with Crippen molar-refractivity contribution in [2.75, 3.05) is 20.2 Å². The van der Waals surface area contributed by atoms with E-state index in [4.69, 9.17) is 74.6 Å². The van der Waals surface area contributed by atoms with Crippen LogP contribution in [0.4, 0.5) is 0 Å². The van der Waals surface area contributed by atoms with Gasteiger partial charge in [-0.25, -0.2) is 4.79 Å². The smallest absolute Gasteiger partial charge is 0.326 e. The summed E-state index contributed by atoms with van der Waals surface area (Å²) in [4.78, 5) is 137. The summed E-state index contributed by atoms with van der Waals surface area (Å²) in [7, 11) is 1.46. The number of fused-ring (bicyclic) bond motifs is 15. The molecule has 7 aliphatic heterocycles. The second-order valence-corrected chi connectivity index (χ2v) is 29.0. The number of hydrogen-bond acceptors (Lipinski definition) is 27. The van der Waals surface area contributed by atoms with Crippen molar-refractivity contribution in [3.8, 4) is 57.1 Å². The van der Waals surface area contributed by atoms with Crippen molar-refractivity contribution in [3.63, 3.8) is 0 Å². The molecule has 7 aliphatic rings. The van der Waals surface area contributed by atoms with Gasteiger partial charge in [0.25, 0.3) is 0 Å². The van der Waals surface area contributed by atoms with Gasteiger partial charge in [0.05, 0.1) is 41.3 Å². The number of aliphatic hydroxyl groups is 6. The number of amides is 8. The molecule has 40 heteroatoms. The lowest BCUT2D eigenvalue weighted by Crippen LogP contribution is -2.64. The number of hydrogen-bond donors (Lipinski definition) is 22. The van der Waals surface area contributed by atoms with E-state index in [0.717, 1.165) is 66.7 Å². The quantitative estimate of drug-likeness (QED) is 0.0258. The number of phenolic OH excluding ortho intramolecular Hbond substituents is 3. The maximum Gasteiger partial charge on any atom is 0.326 e. The van der Waals surface area contributed by atoms with Gasteiger partial charge in [-0.3, -0.25) is 43.3 Å². The number of nitrogens with two attached hydrogens (primary N) is 4. The van der Waals surface area contributed by atoms with E-state index in [1.807, 2.05) is 13.8 Å². The predicted molar refractivity (Wildman–Crippen MR) is 391 cm³/mol. The summed E-state index contributed by atoms with van der Waals surface area (Å²) < 4.78 is 38.5. The van der Waals surface area contributed by atoms with Crippen LogP contribution in [0, 0.1) is 5.92 Å². The lowest BCUT2D eigenvalue weighted by molar-refractivity contribution is -0.333. The van der Waals surface area contributed by atoms with E-state index >= 15 is 19.2 Å². The molecular formula is C72H87Cl2N13O25. The number of carbonyl (C=O) groups is 9. The molecule has 26 N–H and O–H groups in total. The Bertz CT molecular complexity index is 4480. The summed E-state index contributed by atoms with van der Waals surface area (Å²) in [6.07, 6.45) is -19.3. The number of primary amides is 1. The number of aliphatic carboxylic acids is 1. The number of carboxylic acids is 1. The van der Waals surface area contributed by atoms with E-state index in [9.17, 15) is 75.0 Å². The van der Waals surface area contributed by atoms with Gasteiger partial charge >= 0.3 is 5.97 Å². The number of phenols is 3. The number of guanidine groups is 1. The molecule has 5 aromatic carbocycles. The summed E-state index contributed by atoms with van der Waals surface area (Å²) in [6.45, 7) is 5.49. The number of aliphatic hydroxyl groups excluding tert-OH is 6. The first-order chi connectivity index (χ1) is 52.9. The number of aromatic hydroxyl groups is 3. The molecule has 0 aromatic heterocycles. The van der Waals surface area contributed by atoms with Crippen molar-refractivity contribution >= 4 is 82.4 Å². The first-order valence-corrected chi connectivity index (χ1v) is 35.9. The van der Waals surface area contributed by atoms with Crippen molar-refractivity contribution in [3.05, 3.63) is 117 Å². The molecule has 0 spiro atoms. The van der Waals surface area contributed by atoms with E-state index < -0.39 is 255 Å². The zero-order chi connectivity index (χ0) is 81.8. The molecule has 11 bridgehead atoms. The Labute approximate surface area is 647 Å². The van der Waals surface area contributed by atoms with Crippen LogP contribution in [0.5, 0.6) is 46.0 Å². The highest BCUT2D eigenvalue weighted by molar-refractivity contribution is 6.32. The minimum Gasteiger partial charge on any atom is -0.508 e. The van der Waals surface area contributed by atoms with Crippen LogP contribution in [0.15, 0.2) is 83.9 Å². The first kappa shape index (κ1) is 84.0. The third-order valence-corrected chi connectivity index (χ3v) is 19.9. The molecule has 0 radical (unpaired) electrons. The van der Waals surface area contributed by atoms with E-state index in [1.165, 1.54) is 33.0 Å². The Balaban J connectivity index is 1.23. The van der Waals surface area contributed by atoms with Gasteiger partial charge in [0.15, 0.2) is 29.9 Å². The van der Waals surface area contributed by atoms with Crippen LogP contribution in [0.1, 0.15) is 118 Å². The topological polar surface area (TPSA) is 624 Å². The third-order valence-electron chi connectivity index (χ3n) is 19.3. The highest BCUT2D eigenvalue weighted by atomic mass is 35.5. The minimum absolute atomic E-state index is 0.0466. The van der Waals surface area contributed by atoms with Gasteiger partial charge < -0.3 is 145 Å². The number of nitrogens with one attached hydrogen (secondary N) is 8. The summed E-state index contributed by atoms with van der Waals surface area (Å²) in [5.74, 6) is -18.0. The summed E-state index contributed by atoms with van der Waals surface area (Å²) >= 11 is 14.2. The summed E-state index contributed by atoms with van der Waals surface area (Å²) in [5, 5.41) is 134. The fourth-order valence-electron chi connectivity index (χ4n) is 13.5. The van der Waals surface area contributed by atoms with Crippen LogP contribution < -0.4 is 79.7 Å². The molecule has 0 saturated carbocycles. The zero-order valence-electron chi connectivity index (χ0n) is 60.5. The zero-order valence-corrected chi connectivity index (χ0v) is 62.0. The van der Waals surface area contributed by atoms with Gasteiger partial charge in [0, 0.05) is 35.7 Å².